The topological polar surface area (TPSA) is 40.5 Å². The first-order chi connectivity index (χ1) is 12.2. The smallest absolute Gasteiger partial charge is 0.226 e. The van der Waals surface area contributed by atoms with Crippen LogP contribution in [0.2, 0.25) is 0 Å². The molecule has 1 atom stereocenters. The van der Waals surface area contributed by atoms with Crippen LogP contribution in [0.25, 0.3) is 10.8 Å². The van der Waals surface area contributed by atoms with Gasteiger partial charge in [0.2, 0.25) is 5.91 Å². The fourth-order valence-electron chi connectivity index (χ4n) is 4.55. The van der Waals surface area contributed by atoms with Crippen molar-refractivity contribution in [2.45, 2.75) is 57.1 Å². The number of likely N-dealkylation sites (tertiary alicyclic amines) is 1. The summed E-state index contributed by atoms with van der Waals surface area (Å²) in [5, 5.41) is 12.2. The molecule has 2 fully saturated rings. The lowest BCUT2D eigenvalue weighted by Crippen LogP contribution is -2.49. The average molecular weight is 337 g/mol. The zero-order chi connectivity index (χ0) is 17.2. The first kappa shape index (κ1) is 16.6. The summed E-state index contributed by atoms with van der Waals surface area (Å²) in [5.74, 6) is 0.447. The molecule has 0 radical (unpaired) electrons. The maximum Gasteiger partial charge on any atom is 0.226 e. The van der Waals surface area contributed by atoms with Gasteiger partial charge in [0.1, 0.15) is 0 Å². The molecular weight excluding hydrogens is 310 g/mol. The van der Waals surface area contributed by atoms with Crippen molar-refractivity contribution in [2.75, 3.05) is 6.54 Å². The molecule has 3 nitrogen and oxygen atoms in total. The largest absolute Gasteiger partial charge is 0.393 e. The van der Waals surface area contributed by atoms with Crippen LogP contribution < -0.4 is 0 Å². The Labute approximate surface area is 149 Å². The van der Waals surface area contributed by atoms with Crippen LogP contribution >= 0.6 is 0 Å². The van der Waals surface area contributed by atoms with Gasteiger partial charge in [0, 0.05) is 18.5 Å². The summed E-state index contributed by atoms with van der Waals surface area (Å²) in [7, 11) is 0. The molecule has 132 valence electrons. The maximum atomic E-state index is 13.0. The van der Waals surface area contributed by atoms with Crippen LogP contribution in [0.5, 0.6) is 0 Å². The molecule has 0 spiro atoms. The Bertz CT molecular complexity index is 749. The van der Waals surface area contributed by atoms with Gasteiger partial charge in [-0.15, -0.1) is 0 Å². The average Bonchev–Trinajstić information content (AvgIpc) is 2.64. The number of amides is 1. The molecule has 1 aliphatic carbocycles. The number of hydrogen-bond donors (Lipinski definition) is 1. The molecule has 2 aromatic rings. The number of benzene rings is 2. The van der Waals surface area contributed by atoms with Gasteiger partial charge in [-0.3, -0.25) is 4.79 Å². The summed E-state index contributed by atoms with van der Waals surface area (Å²) >= 11 is 0. The molecule has 1 heterocycles. The number of carbonyl (C=O) groups is 1. The summed E-state index contributed by atoms with van der Waals surface area (Å²) in [4.78, 5) is 15.2. The van der Waals surface area contributed by atoms with E-state index in [1.165, 1.54) is 16.3 Å². The van der Waals surface area contributed by atoms with E-state index < -0.39 is 0 Å². The van der Waals surface area contributed by atoms with Crippen molar-refractivity contribution < 1.29 is 9.90 Å². The van der Waals surface area contributed by atoms with E-state index in [0.717, 1.165) is 51.5 Å². The number of hydrogen-bond acceptors (Lipinski definition) is 2. The lowest BCUT2D eigenvalue weighted by atomic mass is 9.86. The van der Waals surface area contributed by atoms with Gasteiger partial charge in [-0.1, -0.05) is 42.5 Å². The molecule has 1 amide bonds. The Hall–Kier alpha value is -1.87. The van der Waals surface area contributed by atoms with Gasteiger partial charge in [-0.05, 0) is 61.3 Å². The lowest BCUT2D eigenvalue weighted by Gasteiger charge is -2.40. The van der Waals surface area contributed by atoms with E-state index in [-0.39, 0.29) is 12.0 Å². The minimum atomic E-state index is -0.162. The van der Waals surface area contributed by atoms with Crippen LogP contribution in [0.1, 0.15) is 44.1 Å². The summed E-state index contributed by atoms with van der Waals surface area (Å²) in [5.41, 5.74) is 1.26. The van der Waals surface area contributed by atoms with Gasteiger partial charge >= 0.3 is 0 Å². The van der Waals surface area contributed by atoms with Crippen LogP contribution in [0.3, 0.4) is 0 Å². The summed E-state index contributed by atoms with van der Waals surface area (Å²) in [6.45, 7) is 0.897. The highest BCUT2D eigenvalue weighted by molar-refractivity contribution is 5.84. The fourth-order valence-corrected chi connectivity index (χ4v) is 4.55. The van der Waals surface area contributed by atoms with Gasteiger partial charge in [0.25, 0.3) is 0 Å². The molecule has 0 bridgehead atoms. The standard InChI is InChI=1S/C22H27NO2/c24-21-11-9-20(10-12-21)23-13-3-6-19(22(23)25)15-16-7-8-17-4-1-2-5-18(17)14-16/h1-2,4-5,7-8,14,19-21,24H,3,6,9-13,15H2/t19?,20-,21-. The van der Waals surface area contributed by atoms with Crippen molar-refractivity contribution in [1.82, 2.24) is 4.90 Å². The van der Waals surface area contributed by atoms with Crippen LogP contribution in [-0.2, 0) is 11.2 Å². The van der Waals surface area contributed by atoms with E-state index in [0.29, 0.717) is 11.9 Å². The molecule has 1 aliphatic heterocycles. The van der Waals surface area contributed by atoms with Crippen molar-refractivity contribution in [3.8, 4) is 0 Å². The minimum absolute atomic E-state index is 0.113. The molecule has 4 rings (SSSR count). The third-order valence-electron chi connectivity index (χ3n) is 5.99. The number of piperidine rings is 1. The second-order valence-electron chi connectivity index (χ2n) is 7.72. The molecular formula is C22H27NO2. The van der Waals surface area contributed by atoms with E-state index in [4.69, 9.17) is 0 Å². The summed E-state index contributed by atoms with van der Waals surface area (Å²) < 4.78 is 0. The third-order valence-corrected chi connectivity index (χ3v) is 5.99. The molecule has 1 N–H and O–H groups in total. The van der Waals surface area contributed by atoms with Crippen molar-refractivity contribution in [3.63, 3.8) is 0 Å². The number of nitrogens with zero attached hydrogens (tertiary/aromatic N) is 1. The zero-order valence-electron chi connectivity index (χ0n) is 14.7. The van der Waals surface area contributed by atoms with E-state index in [1.54, 1.807) is 0 Å². The zero-order valence-corrected chi connectivity index (χ0v) is 14.7. The molecule has 1 saturated heterocycles. The minimum Gasteiger partial charge on any atom is -0.393 e. The Balaban J connectivity index is 1.46. The van der Waals surface area contributed by atoms with Gasteiger partial charge < -0.3 is 10.0 Å². The SMILES string of the molecule is O=C1C(Cc2ccc3ccccc3c2)CCCN1[C@H]1CC[C@H](O)CC1. The van der Waals surface area contributed by atoms with Crippen molar-refractivity contribution >= 4 is 16.7 Å². The number of rotatable bonds is 3. The molecule has 2 aliphatic rings. The predicted molar refractivity (Wildman–Crippen MR) is 100 cm³/mol. The van der Waals surface area contributed by atoms with Crippen molar-refractivity contribution in [2.24, 2.45) is 5.92 Å². The Kier molecular flexibility index (Phi) is 4.76. The summed E-state index contributed by atoms with van der Waals surface area (Å²) in [6.07, 6.45) is 6.36. The Morgan fingerprint density at radius 1 is 0.960 bits per heavy atom. The molecule has 1 saturated carbocycles. The molecule has 0 aromatic heterocycles. The summed E-state index contributed by atoms with van der Waals surface area (Å²) in [6, 6.07) is 15.3. The number of aliphatic hydroxyl groups is 1. The first-order valence-electron chi connectivity index (χ1n) is 9.67. The van der Waals surface area contributed by atoms with E-state index in [9.17, 15) is 9.90 Å². The van der Waals surface area contributed by atoms with Crippen LogP contribution in [0.4, 0.5) is 0 Å². The van der Waals surface area contributed by atoms with Crippen molar-refractivity contribution in [3.05, 3.63) is 48.0 Å². The van der Waals surface area contributed by atoms with Gasteiger partial charge in [-0.25, -0.2) is 0 Å². The Morgan fingerprint density at radius 2 is 1.72 bits per heavy atom. The lowest BCUT2D eigenvalue weighted by molar-refractivity contribution is -0.142. The maximum absolute atomic E-state index is 13.0. The molecule has 1 unspecified atom stereocenters. The van der Waals surface area contributed by atoms with Crippen LogP contribution in [0.15, 0.2) is 42.5 Å². The number of aliphatic hydroxyl groups excluding tert-OH is 1. The first-order valence-corrected chi connectivity index (χ1v) is 9.67. The molecule has 2 aromatic carbocycles. The highest BCUT2D eigenvalue weighted by Crippen LogP contribution is 2.30. The van der Waals surface area contributed by atoms with E-state index in [1.807, 2.05) is 0 Å². The fraction of sp³-hybridized carbons (Fsp3) is 0.500. The monoisotopic (exact) mass is 337 g/mol. The quantitative estimate of drug-likeness (QED) is 0.922. The molecule has 25 heavy (non-hydrogen) atoms. The Morgan fingerprint density at radius 3 is 2.52 bits per heavy atom. The second kappa shape index (κ2) is 7.17. The predicted octanol–water partition coefficient (Wildman–Crippen LogP) is 3.92. The van der Waals surface area contributed by atoms with E-state index >= 15 is 0 Å². The molecule has 3 heteroatoms. The van der Waals surface area contributed by atoms with Gasteiger partial charge in [-0.2, -0.15) is 0 Å². The highest BCUT2D eigenvalue weighted by atomic mass is 16.3. The number of carbonyl (C=O) groups excluding carboxylic acids is 1. The second-order valence-corrected chi connectivity index (χ2v) is 7.72. The normalized spacial score (nSPS) is 27.6. The van der Waals surface area contributed by atoms with Gasteiger partial charge in [0.05, 0.1) is 6.10 Å². The van der Waals surface area contributed by atoms with Crippen molar-refractivity contribution in [1.29, 1.82) is 0 Å². The third kappa shape index (κ3) is 3.57. The van der Waals surface area contributed by atoms with E-state index in [2.05, 4.69) is 47.4 Å². The van der Waals surface area contributed by atoms with Crippen LogP contribution in [-0.4, -0.2) is 34.6 Å². The highest BCUT2D eigenvalue weighted by Gasteiger charge is 2.34. The van der Waals surface area contributed by atoms with Crippen LogP contribution in [0, 0.1) is 5.92 Å². The number of fused-ring (bicyclic) bond motifs is 1. The van der Waals surface area contributed by atoms with Gasteiger partial charge in [0.15, 0.2) is 0 Å².